The quantitative estimate of drug-likeness (QED) is 0.813. The van der Waals surface area contributed by atoms with Gasteiger partial charge in [0, 0.05) is 12.4 Å². The molecule has 0 saturated carbocycles. The number of thiazole rings is 1. The monoisotopic (exact) mass is 225 g/mol. The Morgan fingerprint density at radius 3 is 2.47 bits per heavy atom. The van der Waals surface area contributed by atoms with E-state index < -0.39 is 0 Å². The summed E-state index contributed by atoms with van der Waals surface area (Å²) in [5.41, 5.74) is 7.62. The summed E-state index contributed by atoms with van der Waals surface area (Å²) >= 11 is 1.47. The first-order valence-electron chi connectivity index (χ1n) is 4.78. The number of hydrogen-bond acceptors (Lipinski definition) is 4. The third-order valence-corrected chi connectivity index (χ3v) is 2.37. The first-order chi connectivity index (χ1) is 7.15. The molecule has 1 aromatic heterocycles. The number of hydrogen-bond donors (Lipinski definition) is 2. The summed E-state index contributed by atoms with van der Waals surface area (Å²) in [6.07, 6.45) is 5.84. The van der Waals surface area contributed by atoms with Crippen LogP contribution in [0.25, 0.3) is 5.57 Å². The Bertz CT molecular complexity index is 326. The van der Waals surface area contributed by atoms with Gasteiger partial charge in [0.25, 0.3) is 0 Å². The van der Waals surface area contributed by atoms with E-state index in [2.05, 4.69) is 10.3 Å². The molecule has 0 bridgehead atoms. The van der Waals surface area contributed by atoms with E-state index in [1.165, 1.54) is 16.9 Å². The Morgan fingerprint density at radius 2 is 2.20 bits per heavy atom. The number of allylic oxidation sites excluding steroid dienone is 3. The van der Waals surface area contributed by atoms with Crippen molar-refractivity contribution in [1.82, 2.24) is 10.3 Å². The van der Waals surface area contributed by atoms with Gasteiger partial charge >= 0.3 is 0 Å². The standard InChI is InChI=1S/C7H10N2S.C4H9N/c1-3-5(2)6-4-10-7(8)9-6;1-3-4-5-2/h3-4H,1-2H3,(H2,8,9);3-5H,1-2H3/b5-3+;4-3-. The molecule has 1 aromatic rings. The molecule has 15 heavy (non-hydrogen) atoms. The van der Waals surface area contributed by atoms with Crippen molar-refractivity contribution in [2.24, 2.45) is 0 Å². The Hall–Kier alpha value is -1.29. The van der Waals surface area contributed by atoms with Gasteiger partial charge in [-0.05, 0) is 32.5 Å². The van der Waals surface area contributed by atoms with Crippen molar-refractivity contribution in [1.29, 1.82) is 0 Å². The minimum atomic E-state index is 0.635. The van der Waals surface area contributed by atoms with E-state index in [1.54, 1.807) is 0 Å². The molecule has 0 aliphatic rings. The number of rotatable bonds is 2. The highest BCUT2D eigenvalue weighted by atomic mass is 32.1. The second-order valence-electron chi connectivity index (χ2n) is 2.83. The summed E-state index contributed by atoms with van der Waals surface area (Å²) in [6, 6.07) is 0. The number of nitrogens with zero attached hydrogens (tertiary/aromatic N) is 1. The van der Waals surface area contributed by atoms with Gasteiger partial charge in [0.1, 0.15) is 0 Å². The fourth-order valence-electron chi connectivity index (χ4n) is 0.783. The predicted octanol–water partition coefficient (Wildman–Crippen LogP) is 2.89. The van der Waals surface area contributed by atoms with Crippen LogP contribution in [0.5, 0.6) is 0 Å². The zero-order chi connectivity index (χ0) is 11.7. The van der Waals surface area contributed by atoms with Crippen molar-refractivity contribution in [3.63, 3.8) is 0 Å². The Balaban J connectivity index is 0.000000336. The Morgan fingerprint density at radius 1 is 1.53 bits per heavy atom. The zero-order valence-electron chi connectivity index (χ0n) is 9.74. The second-order valence-corrected chi connectivity index (χ2v) is 3.72. The SMILES string of the molecule is C/C=C(\C)c1csc(N)n1.C/C=C\NC. The van der Waals surface area contributed by atoms with Crippen LogP contribution in [0.2, 0.25) is 0 Å². The van der Waals surface area contributed by atoms with Gasteiger partial charge in [-0.2, -0.15) is 0 Å². The summed E-state index contributed by atoms with van der Waals surface area (Å²) in [5.74, 6) is 0. The summed E-state index contributed by atoms with van der Waals surface area (Å²) in [5, 5.41) is 5.44. The molecule has 3 N–H and O–H groups in total. The van der Waals surface area contributed by atoms with Crippen molar-refractivity contribution in [3.05, 3.63) is 29.4 Å². The molecular formula is C11H19N3S. The summed E-state index contributed by atoms with van der Waals surface area (Å²) in [7, 11) is 1.88. The van der Waals surface area contributed by atoms with Gasteiger partial charge in [-0.1, -0.05) is 12.2 Å². The maximum Gasteiger partial charge on any atom is 0.180 e. The van der Waals surface area contributed by atoms with E-state index in [9.17, 15) is 0 Å². The smallest absolute Gasteiger partial charge is 0.180 e. The fraction of sp³-hybridized carbons (Fsp3) is 0.364. The van der Waals surface area contributed by atoms with Gasteiger partial charge in [0.05, 0.1) is 5.69 Å². The van der Waals surface area contributed by atoms with Crippen molar-refractivity contribution >= 4 is 22.0 Å². The first-order valence-corrected chi connectivity index (χ1v) is 5.66. The molecule has 3 nitrogen and oxygen atoms in total. The molecule has 0 spiro atoms. The van der Waals surface area contributed by atoms with Crippen LogP contribution in [0.15, 0.2) is 23.7 Å². The highest BCUT2D eigenvalue weighted by molar-refractivity contribution is 7.13. The third kappa shape index (κ3) is 5.91. The molecule has 0 radical (unpaired) electrons. The highest BCUT2D eigenvalue weighted by Crippen LogP contribution is 2.17. The molecule has 84 valence electrons. The number of nitrogen functional groups attached to an aromatic ring is 1. The van der Waals surface area contributed by atoms with Gasteiger partial charge in [-0.25, -0.2) is 4.98 Å². The average molecular weight is 225 g/mol. The molecule has 0 aromatic carbocycles. The van der Waals surface area contributed by atoms with E-state index >= 15 is 0 Å². The number of aromatic nitrogens is 1. The Labute approximate surface area is 95.7 Å². The molecule has 0 atom stereocenters. The van der Waals surface area contributed by atoms with E-state index in [0.29, 0.717) is 5.13 Å². The lowest BCUT2D eigenvalue weighted by molar-refractivity contribution is 1.10. The van der Waals surface area contributed by atoms with E-state index in [4.69, 9.17) is 5.73 Å². The van der Waals surface area contributed by atoms with Gasteiger partial charge < -0.3 is 11.1 Å². The van der Waals surface area contributed by atoms with Gasteiger partial charge in [0.15, 0.2) is 5.13 Å². The van der Waals surface area contributed by atoms with Crippen LogP contribution in [-0.4, -0.2) is 12.0 Å². The number of anilines is 1. The van der Waals surface area contributed by atoms with Crippen molar-refractivity contribution < 1.29 is 0 Å². The molecule has 1 heterocycles. The molecule has 4 heteroatoms. The van der Waals surface area contributed by atoms with Gasteiger partial charge in [-0.3, -0.25) is 0 Å². The number of nitrogens with one attached hydrogen (secondary N) is 1. The minimum absolute atomic E-state index is 0.635. The van der Waals surface area contributed by atoms with Crippen LogP contribution in [0.1, 0.15) is 26.5 Å². The highest BCUT2D eigenvalue weighted by Gasteiger charge is 1.97. The molecule has 0 fully saturated rings. The van der Waals surface area contributed by atoms with Gasteiger partial charge in [-0.15, -0.1) is 11.3 Å². The molecule has 0 amide bonds. The summed E-state index contributed by atoms with van der Waals surface area (Å²) in [4.78, 5) is 4.11. The Kier molecular flexibility index (Phi) is 7.36. The maximum absolute atomic E-state index is 5.45. The van der Waals surface area contributed by atoms with Gasteiger partial charge in [0.2, 0.25) is 0 Å². The minimum Gasteiger partial charge on any atom is -0.394 e. The average Bonchev–Trinajstić information content (AvgIpc) is 2.66. The van der Waals surface area contributed by atoms with Crippen LogP contribution >= 0.6 is 11.3 Å². The third-order valence-electron chi connectivity index (χ3n) is 1.69. The summed E-state index contributed by atoms with van der Waals surface area (Å²) in [6.45, 7) is 5.98. The summed E-state index contributed by atoms with van der Waals surface area (Å²) < 4.78 is 0. The first kappa shape index (κ1) is 13.7. The van der Waals surface area contributed by atoms with Crippen molar-refractivity contribution in [2.45, 2.75) is 20.8 Å². The number of nitrogens with two attached hydrogens (primary N) is 1. The van der Waals surface area contributed by atoms with Crippen molar-refractivity contribution in [3.8, 4) is 0 Å². The molecular weight excluding hydrogens is 206 g/mol. The van der Waals surface area contributed by atoms with Crippen LogP contribution in [0, 0.1) is 0 Å². The maximum atomic E-state index is 5.45. The van der Waals surface area contributed by atoms with Crippen LogP contribution < -0.4 is 11.1 Å². The van der Waals surface area contributed by atoms with E-state index in [-0.39, 0.29) is 0 Å². The largest absolute Gasteiger partial charge is 0.394 e. The lowest BCUT2D eigenvalue weighted by Gasteiger charge is -1.89. The van der Waals surface area contributed by atoms with Crippen molar-refractivity contribution in [2.75, 3.05) is 12.8 Å². The second kappa shape index (κ2) is 8.05. The normalized spacial score (nSPS) is 11.1. The lowest BCUT2D eigenvalue weighted by Crippen LogP contribution is -1.89. The van der Waals surface area contributed by atoms with E-state index in [0.717, 1.165) is 5.69 Å². The predicted molar refractivity (Wildman–Crippen MR) is 69.7 cm³/mol. The fourth-order valence-corrected chi connectivity index (χ4v) is 1.41. The van der Waals surface area contributed by atoms with Crippen LogP contribution in [0.4, 0.5) is 5.13 Å². The molecule has 0 aliphatic heterocycles. The van der Waals surface area contributed by atoms with Crippen LogP contribution in [0.3, 0.4) is 0 Å². The van der Waals surface area contributed by atoms with E-state index in [1.807, 2.05) is 51.6 Å². The zero-order valence-corrected chi connectivity index (χ0v) is 10.6. The molecule has 0 saturated heterocycles. The van der Waals surface area contributed by atoms with Crippen LogP contribution in [-0.2, 0) is 0 Å². The molecule has 0 unspecified atom stereocenters. The topological polar surface area (TPSA) is 50.9 Å². The lowest BCUT2D eigenvalue weighted by atomic mass is 10.2. The molecule has 0 aliphatic carbocycles. The molecule has 1 rings (SSSR count).